The highest BCUT2D eigenvalue weighted by Gasteiger charge is 2.36. The van der Waals surface area contributed by atoms with E-state index in [-0.39, 0.29) is 11.9 Å². The number of fused-ring (bicyclic) bond motifs is 1. The van der Waals surface area contributed by atoms with Crippen molar-refractivity contribution in [1.82, 2.24) is 0 Å². The van der Waals surface area contributed by atoms with Crippen LogP contribution in [-0.2, 0) is 4.79 Å². The quantitative estimate of drug-likeness (QED) is 0.908. The van der Waals surface area contributed by atoms with Crippen molar-refractivity contribution in [2.24, 2.45) is 0 Å². The predicted molar refractivity (Wildman–Crippen MR) is 80.8 cm³/mol. The second kappa shape index (κ2) is 5.17. The second-order valence-corrected chi connectivity index (χ2v) is 5.92. The molecule has 1 amide bonds. The molecule has 1 aromatic rings. The first-order chi connectivity index (χ1) is 9.61. The average molecular weight is 295 g/mol. The largest absolute Gasteiger partial charge is 0.495 e. The van der Waals surface area contributed by atoms with Crippen LogP contribution in [0.3, 0.4) is 0 Å². The zero-order chi connectivity index (χ0) is 14.3. The summed E-state index contributed by atoms with van der Waals surface area (Å²) in [5, 5.41) is 3.53. The van der Waals surface area contributed by atoms with Gasteiger partial charge < -0.3 is 15.0 Å². The Hall–Kier alpha value is -1.42. The number of nitrogens with zero attached hydrogens (tertiary/aromatic N) is 1. The Morgan fingerprint density at radius 1 is 1.35 bits per heavy atom. The summed E-state index contributed by atoms with van der Waals surface area (Å²) in [4.78, 5) is 14.4. The number of hydrogen-bond donors (Lipinski definition) is 1. The van der Waals surface area contributed by atoms with Crippen molar-refractivity contribution in [1.29, 1.82) is 0 Å². The molecule has 0 aromatic heterocycles. The van der Waals surface area contributed by atoms with Crippen LogP contribution in [0, 0.1) is 0 Å². The van der Waals surface area contributed by atoms with Gasteiger partial charge in [-0.1, -0.05) is 24.4 Å². The molecule has 4 nitrogen and oxygen atoms in total. The van der Waals surface area contributed by atoms with Gasteiger partial charge in [0.25, 0.3) is 0 Å². The third-order valence-electron chi connectivity index (χ3n) is 4.32. The van der Waals surface area contributed by atoms with Crippen molar-refractivity contribution < 1.29 is 9.53 Å². The fraction of sp³-hybridized carbons (Fsp3) is 0.533. The minimum atomic E-state index is -0.157. The lowest BCUT2D eigenvalue weighted by Gasteiger charge is -2.40. The maximum atomic E-state index is 12.2. The monoisotopic (exact) mass is 294 g/mol. The Balaban J connectivity index is 2.07. The predicted octanol–water partition coefficient (Wildman–Crippen LogP) is 3.44. The van der Waals surface area contributed by atoms with E-state index in [1.54, 1.807) is 7.11 Å². The number of rotatable bonds is 2. The van der Waals surface area contributed by atoms with E-state index in [1.807, 2.05) is 19.1 Å². The van der Waals surface area contributed by atoms with E-state index >= 15 is 0 Å². The maximum absolute atomic E-state index is 12.2. The number of nitrogens with one attached hydrogen (secondary N) is 1. The van der Waals surface area contributed by atoms with Crippen LogP contribution < -0.4 is 15.0 Å². The summed E-state index contributed by atoms with van der Waals surface area (Å²) in [6.07, 6.45) is 4.74. The molecule has 5 heteroatoms. The molecule has 1 aliphatic heterocycles. The molecule has 1 heterocycles. The molecule has 0 spiro atoms. The summed E-state index contributed by atoms with van der Waals surface area (Å²) >= 11 is 6.25. The molecule has 1 fully saturated rings. The van der Waals surface area contributed by atoms with Crippen LogP contribution in [0.5, 0.6) is 5.75 Å². The van der Waals surface area contributed by atoms with E-state index in [4.69, 9.17) is 16.3 Å². The smallest absolute Gasteiger partial charge is 0.246 e. The van der Waals surface area contributed by atoms with E-state index in [0.29, 0.717) is 16.8 Å². The molecule has 0 bridgehead atoms. The first kappa shape index (κ1) is 13.6. The SMILES string of the molecule is COc1cc2c(cc1Cl)N(C1CCCC1)C(C)C(=O)N2. The van der Waals surface area contributed by atoms with Gasteiger partial charge in [-0.15, -0.1) is 0 Å². The number of methoxy groups -OCH3 is 1. The maximum Gasteiger partial charge on any atom is 0.246 e. The van der Waals surface area contributed by atoms with Crippen molar-refractivity contribution >= 4 is 28.9 Å². The molecule has 2 aliphatic rings. The first-order valence-electron chi connectivity index (χ1n) is 7.08. The molecule has 1 atom stereocenters. The highest BCUT2D eigenvalue weighted by atomic mass is 35.5. The Labute approximate surface area is 124 Å². The van der Waals surface area contributed by atoms with Gasteiger partial charge in [0.15, 0.2) is 0 Å². The number of amides is 1. The third kappa shape index (κ3) is 2.12. The van der Waals surface area contributed by atoms with Crippen molar-refractivity contribution in [3.8, 4) is 5.75 Å². The molecule has 108 valence electrons. The van der Waals surface area contributed by atoms with Gasteiger partial charge in [0.1, 0.15) is 11.8 Å². The van der Waals surface area contributed by atoms with Gasteiger partial charge in [-0.3, -0.25) is 4.79 Å². The molecule has 0 saturated heterocycles. The van der Waals surface area contributed by atoms with Crippen molar-refractivity contribution in [2.75, 3.05) is 17.3 Å². The van der Waals surface area contributed by atoms with Crippen molar-refractivity contribution in [2.45, 2.75) is 44.7 Å². The van der Waals surface area contributed by atoms with Gasteiger partial charge in [-0.05, 0) is 25.8 Å². The standard InChI is InChI=1S/C15H19ClN2O2/c1-9-15(19)17-12-8-14(20-2)11(16)7-13(12)18(9)10-5-3-4-6-10/h7-10H,3-6H2,1-2H3,(H,17,19). The molecule has 1 aromatic carbocycles. The molecule has 0 radical (unpaired) electrons. The second-order valence-electron chi connectivity index (χ2n) is 5.51. The van der Waals surface area contributed by atoms with Gasteiger partial charge in [0, 0.05) is 12.1 Å². The molecule has 1 aliphatic carbocycles. The van der Waals surface area contributed by atoms with Crippen molar-refractivity contribution in [3.63, 3.8) is 0 Å². The van der Waals surface area contributed by atoms with E-state index in [0.717, 1.165) is 24.2 Å². The fourth-order valence-electron chi connectivity index (χ4n) is 3.28. The van der Waals surface area contributed by atoms with Crippen LogP contribution in [-0.4, -0.2) is 25.1 Å². The summed E-state index contributed by atoms with van der Waals surface area (Å²) < 4.78 is 5.23. The number of carbonyl (C=O) groups is 1. The van der Waals surface area contributed by atoms with Crippen LogP contribution in [0.1, 0.15) is 32.6 Å². The number of carbonyl (C=O) groups excluding carboxylic acids is 1. The topological polar surface area (TPSA) is 41.6 Å². The van der Waals surface area contributed by atoms with Crippen molar-refractivity contribution in [3.05, 3.63) is 17.2 Å². The number of benzene rings is 1. The summed E-state index contributed by atoms with van der Waals surface area (Å²) in [7, 11) is 1.58. The van der Waals surface area contributed by atoms with E-state index < -0.39 is 0 Å². The van der Waals surface area contributed by atoms with Gasteiger partial charge in [-0.2, -0.15) is 0 Å². The Morgan fingerprint density at radius 2 is 2.05 bits per heavy atom. The molecule has 1 N–H and O–H groups in total. The van der Waals surface area contributed by atoms with Gasteiger partial charge in [0.2, 0.25) is 5.91 Å². The summed E-state index contributed by atoms with van der Waals surface area (Å²) in [5.74, 6) is 0.625. The molecule has 1 unspecified atom stereocenters. The zero-order valence-electron chi connectivity index (χ0n) is 11.8. The molecule has 3 rings (SSSR count). The first-order valence-corrected chi connectivity index (χ1v) is 7.46. The van der Waals surface area contributed by atoms with Crippen LogP contribution in [0.4, 0.5) is 11.4 Å². The van der Waals surface area contributed by atoms with Gasteiger partial charge in [-0.25, -0.2) is 0 Å². The third-order valence-corrected chi connectivity index (χ3v) is 4.62. The number of halogens is 1. The zero-order valence-corrected chi connectivity index (χ0v) is 12.5. The van der Waals surface area contributed by atoms with Crippen LogP contribution in [0.15, 0.2) is 12.1 Å². The summed E-state index contributed by atoms with van der Waals surface area (Å²) in [6.45, 7) is 1.95. The average Bonchev–Trinajstić information content (AvgIpc) is 2.94. The van der Waals surface area contributed by atoms with E-state index in [1.165, 1.54) is 12.8 Å². The lowest BCUT2D eigenvalue weighted by Crippen LogP contribution is -2.50. The Morgan fingerprint density at radius 3 is 2.70 bits per heavy atom. The number of ether oxygens (including phenoxy) is 1. The van der Waals surface area contributed by atoms with Crippen LogP contribution in [0.2, 0.25) is 5.02 Å². The molecule has 1 saturated carbocycles. The summed E-state index contributed by atoms with van der Waals surface area (Å²) in [6, 6.07) is 3.99. The number of anilines is 2. The van der Waals surface area contributed by atoms with Gasteiger partial charge >= 0.3 is 0 Å². The van der Waals surface area contributed by atoms with E-state index in [2.05, 4.69) is 10.2 Å². The lowest BCUT2D eigenvalue weighted by atomic mass is 10.0. The number of hydrogen-bond acceptors (Lipinski definition) is 3. The highest BCUT2D eigenvalue weighted by molar-refractivity contribution is 6.32. The lowest BCUT2D eigenvalue weighted by molar-refractivity contribution is -0.117. The normalized spacial score (nSPS) is 22.6. The fourth-order valence-corrected chi connectivity index (χ4v) is 3.52. The molecular formula is C15H19ClN2O2. The minimum absolute atomic E-state index is 0.0359. The van der Waals surface area contributed by atoms with Gasteiger partial charge in [0.05, 0.1) is 23.5 Å². The Kier molecular flexibility index (Phi) is 3.50. The van der Waals surface area contributed by atoms with Crippen LogP contribution >= 0.6 is 11.6 Å². The molecular weight excluding hydrogens is 276 g/mol. The summed E-state index contributed by atoms with van der Waals surface area (Å²) in [5.41, 5.74) is 1.80. The van der Waals surface area contributed by atoms with E-state index in [9.17, 15) is 4.79 Å². The minimum Gasteiger partial charge on any atom is -0.495 e. The molecule has 20 heavy (non-hydrogen) atoms. The Bertz CT molecular complexity index is 541. The highest BCUT2D eigenvalue weighted by Crippen LogP contribution is 2.42. The van der Waals surface area contributed by atoms with Crippen LogP contribution in [0.25, 0.3) is 0 Å².